The zero-order valence-corrected chi connectivity index (χ0v) is 12.1. The lowest BCUT2D eigenvalue weighted by molar-refractivity contribution is -0.0279. The number of rotatable bonds is 5. The van der Waals surface area contributed by atoms with E-state index in [0.29, 0.717) is 0 Å². The average molecular weight is 264 g/mol. The lowest BCUT2D eigenvalue weighted by Crippen LogP contribution is -2.48. The summed E-state index contributed by atoms with van der Waals surface area (Å²) in [5.74, 6) is 0.940. The van der Waals surface area contributed by atoms with Gasteiger partial charge in [0, 0.05) is 19.6 Å². The first-order valence-corrected chi connectivity index (χ1v) is 7.01. The minimum absolute atomic E-state index is 0.110. The maximum Gasteiger partial charge on any atom is 0.147 e. The molecule has 0 aliphatic carbocycles. The van der Waals surface area contributed by atoms with Crippen LogP contribution in [-0.4, -0.2) is 41.8 Å². The van der Waals surface area contributed by atoms with Crippen LogP contribution in [0.2, 0.25) is 0 Å². The summed E-state index contributed by atoms with van der Waals surface area (Å²) in [5, 5.41) is 3.33. The average Bonchev–Trinajstić information content (AvgIpc) is 2.39. The molecule has 1 aromatic rings. The van der Waals surface area contributed by atoms with E-state index < -0.39 is 0 Å². The molecule has 2 rings (SSSR count). The Morgan fingerprint density at radius 3 is 2.84 bits per heavy atom. The molecule has 5 heteroatoms. The van der Waals surface area contributed by atoms with E-state index in [1.54, 1.807) is 0 Å². The van der Waals surface area contributed by atoms with Gasteiger partial charge in [0.15, 0.2) is 0 Å². The number of hydrogen-bond acceptors (Lipinski definition) is 5. The summed E-state index contributed by atoms with van der Waals surface area (Å²) in [6.45, 7) is 10.7. The third-order valence-corrected chi connectivity index (χ3v) is 3.17. The molecule has 0 unspecified atom stereocenters. The van der Waals surface area contributed by atoms with E-state index in [1.165, 1.54) is 0 Å². The van der Waals surface area contributed by atoms with Gasteiger partial charge in [0.25, 0.3) is 0 Å². The van der Waals surface area contributed by atoms with E-state index in [9.17, 15) is 0 Å². The van der Waals surface area contributed by atoms with Crippen molar-refractivity contribution in [3.8, 4) is 0 Å². The Morgan fingerprint density at radius 2 is 2.21 bits per heavy atom. The van der Waals surface area contributed by atoms with Crippen molar-refractivity contribution in [1.29, 1.82) is 0 Å². The molecule has 0 bridgehead atoms. The van der Waals surface area contributed by atoms with Gasteiger partial charge >= 0.3 is 0 Å². The van der Waals surface area contributed by atoms with E-state index in [-0.39, 0.29) is 5.60 Å². The van der Waals surface area contributed by atoms with Crippen molar-refractivity contribution < 1.29 is 4.74 Å². The molecule has 0 aromatic carbocycles. The van der Waals surface area contributed by atoms with Gasteiger partial charge in [0.1, 0.15) is 5.82 Å². The number of morpholine rings is 1. The molecule has 1 N–H and O–H groups in total. The highest BCUT2D eigenvalue weighted by molar-refractivity contribution is 5.37. The van der Waals surface area contributed by atoms with Crippen molar-refractivity contribution in [2.75, 3.05) is 31.1 Å². The Hall–Kier alpha value is -1.20. The topological polar surface area (TPSA) is 50.3 Å². The monoisotopic (exact) mass is 264 g/mol. The Bertz CT molecular complexity index is 391. The van der Waals surface area contributed by atoms with Crippen LogP contribution in [0.3, 0.4) is 0 Å². The van der Waals surface area contributed by atoms with Gasteiger partial charge in [-0.3, -0.25) is 4.98 Å². The second kappa shape index (κ2) is 6.30. The van der Waals surface area contributed by atoms with E-state index in [2.05, 4.69) is 41.0 Å². The van der Waals surface area contributed by atoms with E-state index in [4.69, 9.17) is 4.74 Å². The van der Waals surface area contributed by atoms with Crippen molar-refractivity contribution in [1.82, 2.24) is 15.3 Å². The number of aromatic nitrogens is 2. The van der Waals surface area contributed by atoms with Crippen LogP contribution in [0.1, 0.15) is 32.9 Å². The van der Waals surface area contributed by atoms with Crippen molar-refractivity contribution in [2.45, 2.75) is 39.3 Å². The van der Waals surface area contributed by atoms with Crippen LogP contribution in [0.25, 0.3) is 0 Å². The molecule has 0 atom stereocenters. The summed E-state index contributed by atoms with van der Waals surface area (Å²) in [4.78, 5) is 11.2. The van der Waals surface area contributed by atoms with E-state index in [0.717, 1.165) is 50.7 Å². The molecule has 0 saturated carbocycles. The van der Waals surface area contributed by atoms with Crippen LogP contribution in [0.4, 0.5) is 5.82 Å². The Kier molecular flexibility index (Phi) is 4.71. The Balaban J connectivity index is 1.94. The quantitative estimate of drug-likeness (QED) is 0.819. The maximum atomic E-state index is 5.71. The van der Waals surface area contributed by atoms with Crippen molar-refractivity contribution in [2.24, 2.45) is 0 Å². The number of hydrogen-bond donors (Lipinski definition) is 1. The Labute approximate surface area is 115 Å². The summed E-state index contributed by atoms with van der Waals surface area (Å²) < 4.78 is 5.71. The lowest BCUT2D eigenvalue weighted by Gasteiger charge is -2.38. The predicted molar refractivity (Wildman–Crippen MR) is 76.3 cm³/mol. The van der Waals surface area contributed by atoms with Crippen LogP contribution in [0.15, 0.2) is 12.4 Å². The van der Waals surface area contributed by atoms with Gasteiger partial charge in [0.2, 0.25) is 0 Å². The van der Waals surface area contributed by atoms with Crippen LogP contribution in [0, 0.1) is 0 Å². The fourth-order valence-electron chi connectivity index (χ4n) is 2.21. The Morgan fingerprint density at radius 1 is 1.37 bits per heavy atom. The molecule has 1 aliphatic rings. The highest BCUT2D eigenvalue weighted by atomic mass is 16.5. The standard InChI is InChI=1S/C14H24N4O/c1-4-5-15-8-12-9-17-13(10-16-12)18-6-7-19-14(2,3)11-18/h9-10,15H,4-8,11H2,1-3H3. The zero-order chi connectivity index (χ0) is 13.7. The van der Waals surface area contributed by atoms with Gasteiger partial charge < -0.3 is 15.0 Å². The number of anilines is 1. The molecular weight excluding hydrogens is 240 g/mol. The molecule has 2 heterocycles. The second-order valence-electron chi connectivity index (χ2n) is 5.57. The number of nitrogens with one attached hydrogen (secondary N) is 1. The van der Waals surface area contributed by atoms with Crippen molar-refractivity contribution in [3.63, 3.8) is 0 Å². The second-order valence-corrected chi connectivity index (χ2v) is 5.57. The SMILES string of the molecule is CCCNCc1cnc(N2CCOC(C)(C)C2)cn1. The van der Waals surface area contributed by atoms with Gasteiger partial charge in [-0.1, -0.05) is 6.92 Å². The summed E-state index contributed by atoms with van der Waals surface area (Å²) in [6.07, 6.45) is 4.86. The minimum Gasteiger partial charge on any atom is -0.372 e. The molecule has 0 radical (unpaired) electrons. The molecule has 1 saturated heterocycles. The van der Waals surface area contributed by atoms with Crippen molar-refractivity contribution >= 4 is 5.82 Å². The van der Waals surface area contributed by atoms with Crippen LogP contribution < -0.4 is 10.2 Å². The maximum absolute atomic E-state index is 5.71. The number of nitrogens with zero attached hydrogens (tertiary/aromatic N) is 3. The largest absolute Gasteiger partial charge is 0.372 e. The van der Waals surface area contributed by atoms with Crippen LogP contribution in [0.5, 0.6) is 0 Å². The molecule has 106 valence electrons. The summed E-state index contributed by atoms with van der Waals surface area (Å²) in [5.41, 5.74) is 0.881. The first-order chi connectivity index (χ1) is 9.11. The molecule has 1 aromatic heterocycles. The fourth-order valence-corrected chi connectivity index (χ4v) is 2.21. The van der Waals surface area contributed by atoms with Crippen LogP contribution >= 0.6 is 0 Å². The smallest absolute Gasteiger partial charge is 0.147 e. The summed E-state index contributed by atoms with van der Waals surface area (Å²) in [7, 11) is 0. The van der Waals surface area contributed by atoms with Gasteiger partial charge in [0.05, 0.1) is 30.3 Å². The highest BCUT2D eigenvalue weighted by Gasteiger charge is 2.27. The highest BCUT2D eigenvalue weighted by Crippen LogP contribution is 2.20. The molecule has 19 heavy (non-hydrogen) atoms. The van der Waals surface area contributed by atoms with E-state index >= 15 is 0 Å². The summed E-state index contributed by atoms with van der Waals surface area (Å²) in [6, 6.07) is 0. The third kappa shape index (κ3) is 4.14. The molecular formula is C14H24N4O. The molecule has 1 aliphatic heterocycles. The van der Waals surface area contributed by atoms with Crippen molar-refractivity contribution in [3.05, 3.63) is 18.1 Å². The molecule has 1 fully saturated rings. The number of ether oxygens (including phenoxy) is 1. The normalized spacial score (nSPS) is 18.6. The first kappa shape index (κ1) is 14.2. The lowest BCUT2D eigenvalue weighted by atomic mass is 10.1. The third-order valence-electron chi connectivity index (χ3n) is 3.17. The van der Waals surface area contributed by atoms with Gasteiger partial charge in [-0.05, 0) is 26.8 Å². The molecule has 5 nitrogen and oxygen atoms in total. The van der Waals surface area contributed by atoms with Gasteiger partial charge in [-0.2, -0.15) is 0 Å². The van der Waals surface area contributed by atoms with Gasteiger partial charge in [-0.15, -0.1) is 0 Å². The molecule has 0 amide bonds. The minimum atomic E-state index is -0.110. The molecule has 0 spiro atoms. The summed E-state index contributed by atoms with van der Waals surface area (Å²) >= 11 is 0. The van der Waals surface area contributed by atoms with Crippen LogP contribution in [-0.2, 0) is 11.3 Å². The van der Waals surface area contributed by atoms with E-state index in [1.807, 2.05) is 12.4 Å². The predicted octanol–water partition coefficient (Wildman–Crippen LogP) is 1.59. The van der Waals surface area contributed by atoms with Gasteiger partial charge in [-0.25, -0.2) is 4.98 Å². The zero-order valence-electron chi connectivity index (χ0n) is 12.1. The first-order valence-electron chi connectivity index (χ1n) is 7.01. The fraction of sp³-hybridized carbons (Fsp3) is 0.714.